The first kappa shape index (κ1) is 25.2. The predicted octanol–water partition coefficient (Wildman–Crippen LogP) is 4.19. The van der Waals surface area contributed by atoms with E-state index in [0.29, 0.717) is 46.1 Å². The third kappa shape index (κ3) is 5.87. The number of rotatable bonds is 7. The van der Waals surface area contributed by atoms with Crippen LogP contribution in [0, 0.1) is 10.1 Å². The Balaban J connectivity index is 1.67. The molecule has 2 N–H and O–H groups in total. The van der Waals surface area contributed by atoms with E-state index in [9.17, 15) is 24.5 Å². The molecule has 2 aromatic carbocycles. The molecule has 1 aliphatic rings. The number of hydrogen-bond donors (Lipinski definition) is 2. The number of ether oxygens (including phenoxy) is 1. The van der Waals surface area contributed by atoms with Gasteiger partial charge in [-0.25, -0.2) is 14.6 Å². The zero-order chi connectivity index (χ0) is 26.4. The summed E-state index contributed by atoms with van der Waals surface area (Å²) in [6.07, 6.45) is 5.29. The van der Waals surface area contributed by atoms with E-state index in [0.717, 1.165) is 12.0 Å². The Bertz CT molecular complexity index is 1450. The van der Waals surface area contributed by atoms with E-state index < -0.39 is 29.4 Å². The first-order valence-corrected chi connectivity index (χ1v) is 11.6. The number of benzene rings is 2. The second-order valence-electron chi connectivity index (χ2n) is 8.33. The van der Waals surface area contributed by atoms with E-state index in [2.05, 4.69) is 17.2 Å². The lowest BCUT2D eigenvalue weighted by molar-refractivity contribution is -0.384. The van der Waals surface area contributed by atoms with E-state index >= 15 is 0 Å². The van der Waals surface area contributed by atoms with Gasteiger partial charge in [0.1, 0.15) is 0 Å². The summed E-state index contributed by atoms with van der Waals surface area (Å²) in [5, 5.41) is 16.3. The van der Waals surface area contributed by atoms with Crippen LogP contribution in [0.3, 0.4) is 0 Å². The summed E-state index contributed by atoms with van der Waals surface area (Å²) in [6.45, 7) is 3.02. The topological polar surface area (TPSA) is 141 Å². The second-order valence-corrected chi connectivity index (χ2v) is 8.33. The Morgan fingerprint density at radius 2 is 1.95 bits per heavy atom. The Labute approximate surface area is 212 Å². The normalized spacial score (nSPS) is 13.5. The number of pyridine rings is 1. The van der Waals surface area contributed by atoms with Crippen LogP contribution in [0.1, 0.15) is 40.0 Å². The van der Waals surface area contributed by atoms with Gasteiger partial charge in [0.05, 0.1) is 21.7 Å². The van der Waals surface area contributed by atoms with Crippen LogP contribution in [-0.4, -0.2) is 41.0 Å². The monoisotopic (exact) mass is 500 g/mol. The number of carbonyl (C=O) groups is 3. The molecule has 10 heteroatoms. The van der Waals surface area contributed by atoms with E-state index in [-0.39, 0.29) is 12.2 Å². The average Bonchev–Trinajstić information content (AvgIpc) is 2.89. The molecule has 4 rings (SSSR count). The van der Waals surface area contributed by atoms with Crippen molar-refractivity contribution in [3.63, 3.8) is 0 Å². The summed E-state index contributed by atoms with van der Waals surface area (Å²) in [6, 6.07) is 12.7. The molecule has 0 spiro atoms. The molecule has 0 bridgehead atoms. The van der Waals surface area contributed by atoms with Crippen molar-refractivity contribution >= 4 is 46.1 Å². The van der Waals surface area contributed by atoms with Crippen molar-refractivity contribution in [2.24, 2.45) is 0 Å². The van der Waals surface area contributed by atoms with Gasteiger partial charge in [0.15, 0.2) is 6.61 Å². The lowest BCUT2D eigenvalue weighted by Crippen LogP contribution is -2.41. The number of carbonyl (C=O) groups excluding carboxylic acids is 3. The van der Waals surface area contributed by atoms with Crippen LogP contribution < -0.4 is 10.6 Å². The van der Waals surface area contributed by atoms with Crippen LogP contribution in [0.5, 0.6) is 0 Å². The van der Waals surface area contributed by atoms with Gasteiger partial charge < -0.3 is 10.1 Å². The number of nitrogens with zero attached hydrogens (tertiary/aromatic N) is 2. The SMILES string of the molecule is C=CCNC(=O)NC(=O)COC(=O)c1c2c(nc3ccccc13)C(=Cc1cccc([N+](=O)[O-])c1)CCC2. The van der Waals surface area contributed by atoms with E-state index in [1.807, 2.05) is 6.08 Å². The summed E-state index contributed by atoms with van der Waals surface area (Å²) < 4.78 is 5.29. The molecule has 37 heavy (non-hydrogen) atoms. The van der Waals surface area contributed by atoms with E-state index in [1.165, 1.54) is 18.2 Å². The summed E-state index contributed by atoms with van der Waals surface area (Å²) in [7, 11) is 0. The highest BCUT2D eigenvalue weighted by Crippen LogP contribution is 2.36. The van der Waals surface area contributed by atoms with E-state index in [1.54, 1.807) is 36.4 Å². The standard InChI is InChI=1S/C27H24N4O6/c1-2-13-28-27(34)30-23(32)16-37-26(33)24-20-10-3-4-12-22(20)29-25-18(8-6-11-21(24)25)14-17-7-5-9-19(15-17)31(35)36/h2-5,7,9-10,12,14-15H,1,6,8,11,13,16H2,(H2,28,30,32,34). The zero-order valence-corrected chi connectivity index (χ0v) is 19.9. The Hall–Kier alpha value is -4.86. The third-order valence-corrected chi connectivity index (χ3v) is 5.79. The van der Waals surface area contributed by atoms with Crippen molar-refractivity contribution in [3.05, 3.63) is 93.7 Å². The first-order valence-electron chi connectivity index (χ1n) is 11.6. The molecule has 0 aliphatic heterocycles. The highest BCUT2D eigenvalue weighted by molar-refractivity contribution is 6.07. The predicted molar refractivity (Wildman–Crippen MR) is 138 cm³/mol. The van der Waals surface area contributed by atoms with Crippen molar-refractivity contribution < 1.29 is 24.0 Å². The number of para-hydroxylation sites is 1. The summed E-state index contributed by atoms with van der Waals surface area (Å²) in [5.41, 5.74) is 3.69. The Morgan fingerprint density at radius 3 is 2.73 bits per heavy atom. The summed E-state index contributed by atoms with van der Waals surface area (Å²) in [4.78, 5) is 52.5. The number of fused-ring (bicyclic) bond motifs is 2. The minimum Gasteiger partial charge on any atom is -0.452 e. The molecule has 1 aliphatic carbocycles. The molecule has 188 valence electrons. The van der Waals surface area contributed by atoms with Gasteiger partial charge in [-0.15, -0.1) is 6.58 Å². The number of nitrogens with one attached hydrogen (secondary N) is 2. The van der Waals surface area contributed by atoms with Crippen molar-refractivity contribution in [1.82, 2.24) is 15.6 Å². The molecule has 0 fully saturated rings. The van der Waals surface area contributed by atoms with Crippen molar-refractivity contribution in [2.75, 3.05) is 13.2 Å². The van der Waals surface area contributed by atoms with Gasteiger partial charge in [-0.1, -0.05) is 36.4 Å². The minimum absolute atomic E-state index is 0.0161. The van der Waals surface area contributed by atoms with Gasteiger partial charge >= 0.3 is 12.0 Å². The molecule has 3 amide bonds. The Kier molecular flexibility index (Phi) is 7.68. The number of imide groups is 1. The van der Waals surface area contributed by atoms with Crippen LogP contribution in [0.25, 0.3) is 22.6 Å². The summed E-state index contributed by atoms with van der Waals surface area (Å²) in [5.74, 6) is -1.47. The smallest absolute Gasteiger partial charge is 0.339 e. The number of allylic oxidation sites excluding steroid dienone is 1. The minimum atomic E-state index is -0.770. The highest BCUT2D eigenvalue weighted by atomic mass is 16.6. The number of aromatic nitrogens is 1. The van der Waals surface area contributed by atoms with Gasteiger partial charge in [-0.3, -0.25) is 20.2 Å². The molecule has 0 saturated heterocycles. The maximum Gasteiger partial charge on any atom is 0.339 e. The quantitative estimate of drug-likeness (QED) is 0.214. The molecule has 1 heterocycles. The van der Waals surface area contributed by atoms with Crippen LogP contribution in [-0.2, 0) is 16.0 Å². The zero-order valence-electron chi connectivity index (χ0n) is 19.9. The lowest BCUT2D eigenvalue weighted by atomic mass is 9.86. The maximum absolute atomic E-state index is 13.2. The van der Waals surface area contributed by atoms with E-state index in [4.69, 9.17) is 9.72 Å². The molecule has 0 unspecified atom stereocenters. The third-order valence-electron chi connectivity index (χ3n) is 5.79. The molecule has 0 atom stereocenters. The van der Waals surface area contributed by atoms with Gasteiger partial charge in [-0.2, -0.15) is 0 Å². The number of urea groups is 1. The van der Waals surface area contributed by atoms with Gasteiger partial charge in [-0.05, 0) is 48.1 Å². The number of non-ortho nitro benzene ring substituents is 1. The van der Waals surface area contributed by atoms with Gasteiger partial charge in [0.2, 0.25) is 0 Å². The molecular formula is C27H24N4O6. The fourth-order valence-electron chi connectivity index (χ4n) is 4.21. The number of esters is 1. The first-order chi connectivity index (χ1) is 17.9. The molecule has 1 aromatic heterocycles. The van der Waals surface area contributed by atoms with Crippen LogP contribution in [0.2, 0.25) is 0 Å². The molecule has 0 radical (unpaired) electrons. The lowest BCUT2D eigenvalue weighted by Gasteiger charge is -2.22. The van der Waals surface area contributed by atoms with Crippen molar-refractivity contribution in [2.45, 2.75) is 19.3 Å². The van der Waals surface area contributed by atoms with Crippen LogP contribution >= 0.6 is 0 Å². The summed E-state index contributed by atoms with van der Waals surface area (Å²) >= 11 is 0. The largest absolute Gasteiger partial charge is 0.452 e. The van der Waals surface area contributed by atoms with Crippen LogP contribution in [0.4, 0.5) is 10.5 Å². The average molecular weight is 501 g/mol. The number of amides is 3. The second kappa shape index (κ2) is 11.3. The fraction of sp³-hybridized carbons (Fsp3) is 0.185. The number of nitro benzene ring substituents is 1. The highest BCUT2D eigenvalue weighted by Gasteiger charge is 2.26. The maximum atomic E-state index is 13.2. The van der Waals surface area contributed by atoms with Crippen LogP contribution in [0.15, 0.2) is 61.2 Å². The number of hydrogen-bond acceptors (Lipinski definition) is 7. The molecule has 0 saturated carbocycles. The fourth-order valence-corrected chi connectivity index (χ4v) is 4.21. The molecule has 3 aromatic rings. The molecule has 10 nitrogen and oxygen atoms in total. The van der Waals surface area contributed by atoms with Crippen molar-refractivity contribution in [1.29, 1.82) is 0 Å². The van der Waals surface area contributed by atoms with Gasteiger partial charge in [0.25, 0.3) is 11.6 Å². The molecular weight excluding hydrogens is 476 g/mol. The Morgan fingerprint density at radius 1 is 1.14 bits per heavy atom. The van der Waals surface area contributed by atoms with Crippen molar-refractivity contribution in [3.8, 4) is 0 Å². The van der Waals surface area contributed by atoms with Gasteiger partial charge in [0, 0.05) is 24.1 Å². The number of nitro groups is 1.